The van der Waals surface area contributed by atoms with Crippen LogP contribution in [-0.2, 0) is 10.3 Å². The van der Waals surface area contributed by atoms with E-state index >= 15 is 0 Å². The van der Waals surface area contributed by atoms with Gasteiger partial charge in [-0.05, 0) is 37.0 Å². The first-order valence-electron chi connectivity index (χ1n) is 7.56. The van der Waals surface area contributed by atoms with Crippen LogP contribution in [0.25, 0.3) is 0 Å². The van der Waals surface area contributed by atoms with E-state index in [9.17, 15) is 4.79 Å². The normalized spacial score (nSPS) is 24.1. The van der Waals surface area contributed by atoms with Crippen molar-refractivity contribution in [1.29, 1.82) is 0 Å². The Bertz CT molecular complexity index is 496. The highest BCUT2D eigenvalue weighted by Crippen LogP contribution is 2.41. The number of amides is 1. The molecule has 1 amide bonds. The van der Waals surface area contributed by atoms with E-state index in [1.165, 1.54) is 12.0 Å². The van der Waals surface area contributed by atoms with Crippen LogP contribution in [0.15, 0.2) is 28.7 Å². The zero-order valence-electron chi connectivity index (χ0n) is 12.0. The highest BCUT2D eigenvalue weighted by Gasteiger charge is 2.40. The summed E-state index contributed by atoms with van der Waals surface area (Å²) in [5, 5.41) is 6.74. The third-order valence-corrected chi connectivity index (χ3v) is 6.07. The molecule has 21 heavy (non-hydrogen) atoms. The van der Waals surface area contributed by atoms with E-state index < -0.39 is 0 Å². The average molecular weight is 369 g/mol. The monoisotopic (exact) mass is 368 g/mol. The summed E-state index contributed by atoms with van der Waals surface area (Å²) in [7, 11) is 0. The molecule has 1 saturated carbocycles. The molecule has 1 aliphatic heterocycles. The van der Waals surface area contributed by atoms with Gasteiger partial charge in [-0.25, -0.2) is 0 Å². The molecule has 3 rings (SSSR count). The van der Waals surface area contributed by atoms with Gasteiger partial charge in [-0.15, -0.1) is 0 Å². The lowest BCUT2D eigenvalue weighted by atomic mass is 9.71. The lowest BCUT2D eigenvalue weighted by Gasteiger charge is -2.43. The van der Waals surface area contributed by atoms with Crippen LogP contribution in [0.1, 0.15) is 31.2 Å². The summed E-state index contributed by atoms with van der Waals surface area (Å²) in [6, 6.07) is 8.68. The molecule has 114 valence electrons. The zero-order chi connectivity index (χ0) is 14.7. The molecule has 1 aliphatic carbocycles. The van der Waals surface area contributed by atoms with E-state index in [1.54, 1.807) is 0 Å². The van der Waals surface area contributed by atoms with Gasteiger partial charge >= 0.3 is 0 Å². The van der Waals surface area contributed by atoms with Gasteiger partial charge in [0.05, 0.1) is 5.54 Å². The molecule has 2 aliphatic rings. The minimum absolute atomic E-state index is 0.125. The standard InChI is InChI=1S/C16H21BrN2OS/c17-13-4-2-12(3-5-13)16(6-1-7-16)19-15(20)10-14-11-21-9-8-18-14/h2-5,14,18H,1,6-11H2,(H,19,20). The predicted octanol–water partition coefficient (Wildman–Crippen LogP) is 3.04. The second-order valence-electron chi connectivity index (χ2n) is 5.92. The van der Waals surface area contributed by atoms with E-state index in [2.05, 4.69) is 50.8 Å². The maximum absolute atomic E-state index is 12.4. The maximum Gasteiger partial charge on any atom is 0.222 e. The first-order chi connectivity index (χ1) is 10.2. The van der Waals surface area contributed by atoms with Gasteiger partial charge in [0.15, 0.2) is 0 Å². The lowest BCUT2D eigenvalue weighted by molar-refractivity contribution is -0.124. The highest BCUT2D eigenvalue weighted by molar-refractivity contribution is 9.10. The number of carbonyl (C=O) groups excluding carboxylic acids is 1. The predicted molar refractivity (Wildman–Crippen MR) is 91.5 cm³/mol. The topological polar surface area (TPSA) is 41.1 Å². The first-order valence-corrected chi connectivity index (χ1v) is 9.51. The molecule has 1 aromatic rings. The number of carbonyl (C=O) groups is 1. The van der Waals surface area contributed by atoms with Crippen LogP contribution in [0.2, 0.25) is 0 Å². The Kier molecular flexibility index (Phi) is 4.92. The minimum Gasteiger partial charge on any atom is -0.347 e. The van der Waals surface area contributed by atoms with E-state index in [4.69, 9.17) is 0 Å². The number of hydrogen-bond acceptors (Lipinski definition) is 3. The number of rotatable bonds is 4. The summed E-state index contributed by atoms with van der Waals surface area (Å²) in [4.78, 5) is 12.4. The molecule has 3 nitrogen and oxygen atoms in total. The molecular weight excluding hydrogens is 348 g/mol. The fourth-order valence-electron chi connectivity index (χ4n) is 3.08. The molecule has 1 atom stereocenters. The average Bonchev–Trinajstić information content (AvgIpc) is 2.45. The van der Waals surface area contributed by atoms with Crippen LogP contribution < -0.4 is 10.6 Å². The van der Waals surface area contributed by atoms with E-state index in [0.29, 0.717) is 12.5 Å². The Labute approximate surface area is 138 Å². The van der Waals surface area contributed by atoms with Gasteiger partial charge in [0.25, 0.3) is 0 Å². The van der Waals surface area contributed by atoms with Gasteiger partial charge < -0.3 is 10.6 Å². The van der Waals surface area contributed by atoms with Gasteiger partial charge in [-0.2, -0.15) is 11.8 Å². The van der Waals surface area contributed by atoms with Crippen LogP contribution in [0, 0.1) is 0 Å². The minimum atomic E-state index is -0.125. The molecule has 1 heterocycles. The fourth-order valence-corrected chi connectivity index (χ4v) is 4.29. The van der Waals surface area contributed by atoms with Crippen LogP contribution in [0.4, 0.5) is 0 Å². The number of nitrogens with one attached hydrogen (secondary N) is 2. The Hall–Kier alpha value is -0.520. The Morgan fingerprint density at radius 2 is 2.14 bits per heavy atom. The maximum atomic E-state index is 12.4. The van der Waals surface area contributed by atoms with E-state index in [-0.39, 0.29) is 11.4 Å². The smallest absolute Gasteiger partial charge is 0.222 e. The highest BCUT2D eigenvalue weighted by atomic mass is 79.9. The molecule has 1 aromatic carbocycles. The zero-order valence-corrected chi connectivity index (χ0v) is 14.4. The molecule has 1 saturated heterocycles. The van der Waals surface area contributed by atoms with E-state index in [1.807, 2.05) is 11.8 Å². The molecule has 0 bridgehead atoms. The van der Waals surface area contributed by atoms with Crippen molar-refractivity contribution in [2.75, 3.05) is 18.1 Å². The van der Waals surface area contributed by atoms with Crippen molar-refractivity contribution in [2.45, 2.75) is 37.3 Å². The Balaban J connectivity index is 1.63. The van der Waals surface area contributed by atoms with Crippen molar-refractivity contribution in [3.8, 4) is 0 Å². The van der Waals surface area contributed by atoms with Crippen molar-refractivity contribution in [3.63, 3.8) is 0 Å². The van der Waals surface area contributed by atoms with Crippen LogP contribution in [-0.4, -0.2) is 30.0 Å². The molecule has 1 unspecified atom stereocenters. The van der Waals surface area contributed by atoms with Crippen LogP contribution >= 0.6 is 27.7 Å². The van der Waals surface area contributed by atoms with Gasteiger partial charge in [-0.1, -0.05) is 28.1 Å². The second kappa shape index (κ2) is 6.71. The summed E-state index contributed by atoms with van der Waals surface area (Å²) in [5.74, 6) is 2.37. The quantitative estimate of drug-likeness (QED) is 0.857. The second-order valence-corrected chi connectivity index (χ2v) is 7.99. The third-order valence-electron chi connectivity index (χ3n) is 4.41. The van der Waals surface area contributed by atoms with Crippen molar-refractivity contribution in [2.24, 2.45) is 0 Å². The number of hydrogen-bond donors (Lipinski definition) is 2. The molecule has 0 aromatic heterocycles. The third kappa shape index (κ3) is 3.63. The van der Waals surface area contributed by atoms with Crippen LogP contribution in [0.3, 0.4) is 0 Å². The number of benzene rings is 1. The first kappa shape index (κ1) is 15.4. The molecule has 0 radical (unpaired) electrons. The Morgan fingerprint density at radius 3 is 2.71 bits per heavy atom. The molecular formula is C16H21BrN2OS. The van der Waals surface area contributed by atoms with Gasteiger partial charge in [0, 0.05) is 35.0 Å². The van der Waals surface area contributed by atoms with E-state index in [0.717, 1.165) is 35.4 Å². The summed E-state index contributed by atoms with van der Waals surface area (Å²) in [5.41, 5.74) is 1.11. The van der Waals surface area contributed by atoms with Crippen molar-refractivity contribution in [3.05, 3.63) is 34.3 Å². The summed E-state index contributed by atoms with van der Waals surface area (Å²) in [6.45, 7) is 1.01. The Morgan fingerprint density at radius 1 is 1.38 bits per heavy atom. The molecule has 2 fully saturated rings. The number of halogens is 1. The largest absolute Gasteiger partial charge is 0.347 e. The number of thioether (sulfide) groups is 1. The lowest BCUT2D eigenvalue weighted by Crippen LogP contribution is -2.52. The molecule has 0 spiro atoms. The fraction of sp³-hybridized carbons (Fsp3) is 0.562. The SMILES string of the molecule is O=C(CC1CSCCN1)NC1(c2ccc(Br)cc2)CCC1. The van der Waals surface area contributed by atoms with Crippen molar-refractivity contribution in [1.82, 2.24) is 10.6 Å². The van der Waals surface area contributed by atoms with Gasteiger partial charge in [-0.3, -0.25) is 4.79 Å². The molecule has 2 N–H and O–H groups in total. The summed E-state index contributed by atoms with van der Waals surface area (Å²) < 4.78 is 1.08. The van der Waals surface area contributed by atoms with Gasteiger partial charge in [0.1, 0.15) is 0 Å². The van der Waals surface area contributed by atoms with Crippen molar-refractivity contribution >= 4 is 33.6 Å². The summed E-state index contributed by atoms with van der Waals surface area (Å²) in [6.07, 6.45) is 3.87. The summed E-state index contributed by atoms with van der Waals surface area (Å²) >= 11 is 5.40. The van der Waals surface area contributed by atoms with Crippen LogP contribution in [0.5, 0.6) is 0 Å². The molecule has 5 heteroatoms. The van der Waals surface area contributed by atoms with Gasteiger partial charge in [0.2, 0.25) is 5.91 Å². The van der Waals surface area contributed by atoms with Crippen molar-refractivity contribution < 1.29 is 4.79 Å².